The maximum absolute atomic E-state index is 4.09. The van der Waals surface area contributed by atoms with Gasteiger partial charge in [-0.25, -0.2) is 4.99 Å². The van der Waals surface area contributed by atoms with Crippen LogP contribution in [0.3, 0.4) is 0 Å². The summed E-state index contributed by atoms with van der Waals surface area (Å²) in [7, 11) is 0. The standard InChI is InChI=1S/C12H17N/c1-9(2)11-5-6-13-8-12(7-11)10(3)4/h5,7-10H,1-4H3. The Hall–Kier alpha value is -1.07. The van der Waals surface area contributed by atoms with Crippen LogP contribution in [-0.2, 0) is 0 Å². The number of hydrogen-bond donors (Lipinski definition) is 0. The number of nitrogens with zero attached hydrogens (tertiary/aromatic N) is 1. The molecule has 0 radical (unpaired) electrons. The second kappa shape index (κ2) is 4.25. The summed E-state index contributed by atoms with van der Waals surface area (Å²) < 4.78 is 0. The molecule has 0 aliphatic carbocycles. The van der Waals surface area contributed by atoms with Gasteiger partial charge in [-0.05, 0) is 28.9 Å². The Labute approximate surface area is 80.6 Å². The summed E-state index contributed by atoms with van der Waals surface area (Å²) >= 11 is 0. The topological polar surface area (TPSA) is 12.4 Å². The average Bonchev–Trinajstić information content (AvgIpc) is 2.28. The molecule has 0 atom stereocenters. The normalized spacial score (nSPS) is 16.2. The number of hydrogen-bond acceptors (Lipinski definition) is 1. The van der Waals surface area contributed by atoms with Gasteiger partial charge in [0.05, 0.1) is 0 Å². The lowest BCUT2D eigenvalue weighted by Crippen LogP contribution is -1.95. The van der Waals surface area contributed by atoms with Gasteiger partial charge in [0.1, 0.15) is 0 Å². The molecular formula is C12H17N. The highest BCUT2D eigenvalue weighted by Gasteiger charge is 2.05. The highest BCUT2D eigenvalue weighted by molar-refractivity contribution is 5.61. The third-order valence-electron chi connectivity index (χ3n) is 2.19. The van der Waals surface area contributed by atoms with Crippen molar-refractivity contribution in [2.24, 2.45) is 16.8 Å². The zero-order chi connectivity index (χ0) is 9.84. The van der Waals surface area contributed by atoms with Gasteiger partial charge in [0.25, 0.3) is 0 Å². The quantitative estimate of drug-likeness (QED) is 0.610. The molecule has 0 aromatic rings. The van der Waals surface area contributed by atoms with Crippen LogP contribution in [0.5, 0.6) is 0 Å². The highest BCUT2D eigenvalue weighted by Crippen LogP contribution is 2.19. The van der Waals surface area contributed by atoms with Gasteiger partial charge in [0.15, 0.2) is 0 Å². The molecule has 13 heavy (non-hydrogen) atoms. The van der Waals surface area contributed by atoms with Crippen molar-refractivity contribution in [3.05, 3.63) is 29.5 Å². The first kappa shape index (κ1) is 10.0. The largest absolute Gasteiger partial charge is 0.214 e. The smallest absolute Gasteiger partial charge is 0.0402 e. The summed E-state index contributed by atoms with van der Waals surface area (Å²) in [5.74, 6) is 4.00. The summed E-state index contributed by atoms with van der Waals surface area (Å²) in [5, 5.41) is 0. The maximum atomic E-state index is 4.09. The third-order valence-corrected chi connectivity index (χ3v) is 2.19. The van der Waals surface area contributed by atoms with Crippen LogP contribution in [0.1, 0.15) is 27.7 Å². The SMILES string of the molecule is CC(C)C1=CN=C=CC(C(C)C)=C1. The predicted molar refractivity (Wildman–Crippen MR) is 57.8 cm³/mol. The van der Waals surface area contributed by atoms with E-state index in [-0.39, 0.29) is 0 Å². The Balaban J connectivity index is 2.99. The molecule has 0 fully saturated rings. The van der Waals surface area contributed by atoms with Crippen LogP contribution in [0.2, 0.25) is 0 Å². The van der Waals surface area contributed by atoms with Crippen molar-refractivity contribution < 1.29 is 0 Å². The van der Waals surface area contributed by atoms with Gasteiger partial charge in [-0.1, -0.05) is 33.8 Å². The number of allylic oxidation sites excluding steroid dienone is 4. The average molecular weight is 175 g/mol. The maximum Gasteiger partial charge on any atom is 0.0402 e. The molecular weight excluding hydrogens is 158 g/mol. The third kappa shape index (κ3) is 2.71. The minimum atomic E-state index is 0.533. The molecule has 0 saturated carbocycles. The minimum Gasteiger partial charge on any atom is -0.214 e. The van der Waals surface area contributed by atoms with Crippen molar-refractivity contribution >= 4 is 5.87 Å². The van der Waals surface area contributed by atoms with E-state index in [1.807, 2.05) is 12.3 Å². The summed E-state index contributed by atoms with van der Waals surface area (Å²) in [6, 6.07) is 0. The first-order chi connectivity index (χ1) is 6.11. The van der Waals surface area contributed by atoms with Crippen LogP contribution in [0.15, 0.2) is 34.5 Å². The van der Waals surface area contributed by atoms with Crippen molar-refractivity contribution in [2.45, 2.75) is 27.7 Å². The molecule has 0 N–H and O–H groups in total. The molecule has 1 aliphatic heterocycles. The number of rotatable bonds is 2. The Morgan fingerprint density at radius 3 is 2.23 bits per heavy atom. The van der Waals surface area contributed by atoms with Gasteiger partial charge in [-0.3, -0.25) is 0 Å². The van der Waals surface area contributed by atoms with Crippen molar-refractivity contribution in [3.8, 4) is 0 Å². The molecule has 1 aliphatic rings. The Morgan fingerprint density at radius 1 is 1.08 bits per heavy atom. The van der Waals surface area contributed by atoms with Gasteiger partial charge >= 0.3 is 0 Å². The van der Waals surface area contributed by atoms with E-state index in [1.165, 1.54) is 11.1 Å². The molecule has 1 heterocycles. The van der Waals surface area contributed by atoms with E-state index in [9.17, 15) is 0 Å². The molecule has 0 spiro atoms. The molecule has 1 rings (SSSR count). The van der Waals surface area contributed by atoms with Crippen molar-refractivity contribution in [1.29, 1.82) is 0 Å². The zero-order valence-electron chi connectivity index (χ0n) is 8.83. The van der Waals surface area contributed by atoms with Crippen LogP contribution in [0, 0.1) is 11.8 Å². The molecule has 1 nitrogen and oxygen atoms in total. The van der Waals surface area contributed by atoms with Gasteiger partial charge in [0, 0.05) is 12.3 Å². The summed E-state index contributed by atoms with van der Waals surface area (Å²) in [6.45, 7) is 8.74. The molecule has 0 aromatic carbocycles. The lowest BCUT2D eigenvalue weighted by atomic mass is 9.96. The highest BCUT2D eigenvalue weighted by atomic mass is 14.7. The van der Waals surface area contributed by atoms with Gasteiger partial charge in [0.2, 0.25) is 0 Å². The van der Waals surface area contributed by atoms with Crippen molar-refractivity contribution in [3.63, 3.8) is 0 Å². The molecule has 70 valence electrons. The van der Waals surface area contributed by atoms with E-state index >= 15 is 0 Å². The fourth-order valence-corrected chi connectivity index (χ4v) is 1.14. The lowest BCUT2D eigenvalue weighted by Gasteiger charge is -2.08. The second-order valence-corrected chi connectivity index (χ2v) is 3.99. The first-order valence-electron chi connectivity index (χ1n) is 4.81. The molecule has 0 bridgehead atoms. The zero-order valence-corrected chi connectivity index (χ0v) is 8.83. The number of aliphatic imine (C=N–C) groups is 1. The summed E-state index contributed by atoms with van der Waals surface area (Å²) in [6.07, 6.45) is 6.09. The van der Waals surface area contributed by atoms with E-state index in [2.05, 4.69) is 44.6 Å². The first-order valence-corrected chi connectivity index (χ1v) is 4.81. The van der Waals surface area contributed by atoms with Crippen LogP contribution >= 0.6 is 0 Å². The van der Waals surface area contributed by atoms with E-state index in [1.54, 1.807) is 0 Å². The molecule has 1 heteroatoms. The summed E-state index contributed by atoms with van der Waals surface area (Å²) in [5.41, 5.74) is 2.59. The van der Waals surface area contributed by atoms with Crippen LogP contribution in [-0.4, -0.2) is 5.87 Å². The fraction of sp³-hybridized carbons (Fsp3) is 0.500. The molecule has 0 aromatic heterocycles. The van der Waals surface area contributed by atoms with Crippen LogP contribution < -0.4 is 0 Å². The monoisotopic (exact) mass is 175 g/mol. The van der Waals surface area contributed by atoms with Gasteiger partial charge < -0.3 is 0 Å². The predicted octanol–water partition coefficient (Wildman–Crippen LogP) is 3.35. The van der Waals surface area contributed by atoms with Crippen LogP contribution in [0.25, 0.3) is 0 Å². The fourth-order valence-electron chi connectivity index (χ4n) is 1.14. The van der Waals surface area contributed by atoms with E-state index in [0.29, 0.717) is 11.8 Å². The Kier molecular flexibility index (Phi) is 3.27. The molecule has 0 unspecified atom stereocenters. The van der Waals surface area contributed by atoms with Crippen LogP contribution in [0.4, 0.5) is 0 Å². The molecule has 0 amide bonds. The lowest BCUT2D eigenvalue weighted by molar-refractivity contribution is 0.764. The second-order valence-electron chi connectivity index (χ2n) is 3.99. The van der Waals surface area contributed by atoms with E-state index in [0.717, 1.165) is 0 Å². The summed E-state index contributed by atoms with van der Waals surface area (Å²) in [4.78, 5) is 4.09. The van der Waals surface area contributed by atoms with Crippen molar-refractivity contribution in [1.82, 2.24) is 0 Å². The van der Waals surface area contributed by atoms with Gasteiger partial charge in [-0.2, -0.15) is 0 Å². The molecule has 0 saturated heterocycles. The van der Waals surface area contributed by atoms with E-state index < -0.39 is 0 Å². The Morgan fingerprint density at radius 2 is 1.69 bits per heavy atom. The Bertz CT molecular complexity index is 297. The minimum absolute atomic E-state index is 0.533. The van der Waals surface area contributed by atoms with Crippen molar-refractivity contribution in [2.75, 3.05) is 0 Å². The van der Waals surface area contributed by atoms with E-state index in [4.69, 9.17) is 0 Å². The van der Waals surface area contributed by atoms with Gasteiger partial charge in [-0.15, -0.1) is 0 Å².